The van der Waals surface area contributed by atoms with E-state index in [2.05, 4.69) is 10.6 Å². The summed E-state index contributed by atoms with van der Waals surface area (Å²) in [4.78, 5) is 23.5. The van der Waals surface area contributed by atoms with Gasteiger partial charge >= 0.3 is 0 Å². The summed E-state index contributed by atoms with van der Waals surface area (Å²) in [6.45, 7) is 1.82. The third kappa shape index (κ3) is 6.73. The van der Waals surface area contributed by atoms with Crippen molar-refractivity contribution >= 4 is 40.9 Å². The molecule has 3 aromatic rings. The third-order valence-corrected chi connectivity index (χ3v) is 4.59. The molecular formula is C25H20ClN3O3. The van der Waals surface area contributed by atoms with Crippen LogP contribution in [0.3, 0.4) is 0 Å². The fourth-order valence-corrected chi connectivity index (χ4v) is 2.89. The van der Waals surface area contributed by atoms with E-state index < -0.39 is 5.91 Å². The van der Waals surface area contributed by atoms with E-state index in [1.807, 2.05) is 18.2 Å². The number of nitriles is 1. The minimum atomic E-state index is -0.525. The van der Waals surface area contributed by atoms with Crippen LogP contribution in [0.15, 0.2) is 78.4 Å². The Hall–Kier alpha value is -4.08. The Morgan fingerprint density at radius 2 is 1.53 bits per heavy atom. The first-order valence-electron chi connectivity index (χ1n) is 9.71. The Balaban J connectivity index is 1.61. The highest BCUT2D eigenvalue weighted by Crippen LogP contribution is 2.18. The maximum absolute atomic E-state index is 12.5. The van der Waals surface area contributed by atoms with Gasteiger partial charge in [0.1, 0.15) is 24.0 Å². The molecule has 0 bridgehead atoms. The molecule has 7 heteroatoms. The minimum Gasteiger partial charge on any atom is -0.489 e. The topological polar surface area (TPSA) is 91.2 Å². The number of nitrogens with zero attached hydrogens (tertiary/aromatic N) is 1. The summed E-state index contributed by atoms with van der Waals surface area (Å²) < 4.78 is 5.74. The van der Waals surface area contributed by atoms with Crippen molar-refractivity contribution in [3.05, 3.63) is 94.5 Å². The number of rotatable bonds is 7. The fraction of sp³-hybridized carbons (Fsp3) is 0.0800. The molecule has 0 saturated heterocycles. The zero-order chi connectivity index (χ0) is 22.9. The minimum absolute atomic E-state index is 0.0363. The highest BCUT2D eigenvalue weighted by molar-refractivity contribution is 6.30. The number of amides is 2. The number of halogens is 1. The Morgan fingerprint density at radius 3 is 2.09 bits per heavy atom. The summed E-state index contributed by atoms with van der Waals surface area (Å²) >= 11 is 5.88. The van der Waals surface area contributed by atoms with Gasteiger partial charge in [0.05, 0.1) is 0 Å². The maximum atomic E-state index is 12.5. The van der Waals surface area contributed by atoms with E-state index in [9.17, 15) is 14.9 Å². The van der Waals surface area contributed by atoms with Crippen LogP contribution in [0, 0.1) is 11.3 Å². The second kappa shape index (κ2) is 10.8. The smallest absolute Gasteiger partial charge is 0.266 e. The van der Waals surface area contributed by atoms with E-state index in [1.165, 1.54) is 13.0 Å². The van der Waals surface area contributed by atoms with Gasteiger partial charge in [0.25, 0.3) is 5.91 Å². The SMILES string of the molecule is CC(=O)Nc1ccc(NC(=O)/C(C#N)=C/c2ccc(OCc3ccc(Cl)cc3)cc2)cc1. The first-order valence-corrected chi connectivity index (χ1v) is 10.1. The van der Waals surface area contributed by atoms with Crippen LogP contribution in [-0.2, 0) is 16.2 Å². The van der Waals surface area contributed by atoms with Crippen LogP contribution in [0.2, 0.25) is 5.02 Å². The van der Waals surface area contributed by atoms with Gasteiger partial charge in [-0.05, 0) is 65.7 Å². The maximum Gasteiger partial charge on any atom is 0.266 e. The normalized spacial score (nSPS) is 10.7. The lowest BCUT2D eigenvalue weighted by Crippen LogP contribution is -2.13. The number of benzene rings is 3. The molecular weight excluding hydrogens is 426 g/mol. The number of anilines is 2. The lowest BCUT2D eigenvalue weighted by molar-refractivity contribution is -0.114. The Bertz CT molecular complexity index is 1160. The number of carbonyl (C=O) groups excluding carboxylic acids is 2. The largest absolute Gasteiger partial charge is 0.489 e. The van der Waals surface area contributed by atoms with E-state index >= 15 is 0 Å². The van der Waals surface area contributed by atoms with Crippen LogP contribution in [0.25, 0.3) is 6.08 Å². The van der Waals surface area contributed by atoms with E-state index in [0.717, 1.165) is 5.56 Å². The van der Waals surface area contributed by atoms with Gasteiger partial charge in [0.15, 0.2) is 0 Å². The molecule has 0 spiro atoms. The van der Waals surface area contributed by atoms with Gasteiger partial charge in [-0.1, -0.05) is 35.9 Å². The van der Waals surface area contributed by atoms with Gasteiger partial charge in [-0.15, -0.1) is 0 Å². The lowest BCUT2D eigenvalue weighted by Gasteiger charge is -2.08. The predicted octanol–water partition coefficient (Wildman–Crippen LogP) is 5.42. The van der Waals surface area contributed by atoms with Gasteiger partial charge in [0.2, 0.25) is 5.91 Å². The first kappa shape index (κ1) is 22.6. The highest BCUT2D eigenvalue weighted by Gasteiger charge is 2.10. The van der Waals surface area contributed by atoms with E-state index in [4.69, 9.17) is 16.3 Å². The number of carbonyl (C=O) groups is 2. The Morgan fingerprint density at radius 1 is 0.938 bits per heavy atom. The molecule has 0 radical (unpaired) electrons. The predicted molar refractivity (Wildman–Crippen MR) is 125 cm³/mol. The molecule has 6 nitrogen and oxygen atoms in total. The number of hydrogen-bond acceptors (Lipinski definition) is 4. The summed E-state index contributed by atoms with van der Waals surface area (Å²) in [6.07, 6.45) is 1.50. The highest BCUT2D eigenvalue weighted by atomic mass is 35.5. The molecule has 160 valence electrons. The van der Waals surface area contributed by atoms with Crippen molar-refractivity contribution in [1.29, 1.82) is 5.26 Å². The summed E-state index contributed by atoms with van der Waals surface area (Å²) in [5.41, 5.74) is 2.77. The number of nitrogens with one attached hydrogen (secondary N) is 2. The standard InChI is InChI=1S/C25H20ClN3O3/c1-17(30)28-22-8-10-23(11-9-22)29-25(31)20(15-27)14-18-4-12-24(13-5-18)32-16-19-2-6-21(26)7-3-19/h2-14H,16H2,1H3,(H,28,30)(H,29,31)/b20-14+. The molecule has 3 rings (SSSR count). The van der Waals surface area contributed by atoms with Crippen LogP contribution in [0.4, 0.5) is 11.4 Å². The zero-order valence-electron chi connectivity index (χ0n) is 17.3. The quantitative estimate of drug-likeness (QED) is 0.375. The molecule has 0 unspecified atom stereocenters. The third-order valence-electron chi connectivity index (χ3n) is 4.34. The van der Waals surface area contributed by atoms with Gasteiger partial charge in [-0.2, -0.15) is 5.26 Å². The van der Waals surface area contributed by atoms with Crippen molar-refractivity contribution < 1.29 is 14.3 Å². The molecule has 0 atom stereocenters. The molecule has 0 aliphatic carbocycles. The van der Waals surface area contributed by atoms with E-state index in [-0.39, 0.29) is 11.5 Å². The van der Waals surface area contributed by atoms with Gasteiger partial charge in [0, 0.05) is 23.3 Å². The van der Waals surface area contributed by atoms with Crippen molar-refractivity contribution in [2.45, 2.75) is 13.5 Å². The molecule has 2 N–H and O–H groups in total. The van der Waals surface area contributed by atoms with Crippen LogP contribution in [-0.4, -0.2) is 11.8 Å². The van der Waals surface area contributed by atoms with Gasteiger partial charge in [-0.3, -0.25) is 9.59 Å². The number of ether oxygens (including phenoxy) is 1. The van der Waals surface area contributed by atoms with Crippen molar-refractivity contribution in [1.82, 2.24) is 0 Å². The van der Waals surface area contributed by atoms with Crippen molar-refractivity contribution in [2.24, 2.45) is 0 Å². The lowest BCUT2D eigenvalue weighted by atomic mass is 10.1. The van der Waals surface area contributed by atoms with Crippen LogP contribution in [0.1, 0.15) is 18.1 Å². The van der Waals surface area contributed by atoms with Crippen molar-refractivity contribution in [3.63, 3.8) is 0 Å². The van der Waals surface area contributed by atoms with Crippen LogP contribution in [0.5, 0.6) is 5.75 Å². The Labute approximate surface area is 191 Å². The van der Waals surface area contributed by atoms with Crippen LogP contribution >= 0.6 is 11.6 Å². The monoisotopic (exact) mass is 445 g/mol. The molecule has 0 aliphatic rings. The fourth-order valence-electron chi connectivity index (χ4n) is 2.76. The summed E-state index contributed by atoms with van der Waals surface area (Å²) in [5.74, 6) is -0.0416. The number of hydrogen-bond donors (Lipinski definition) is 2. The zero-order valence-corrected chi connectivity index (χ0v) is 18.0. The second-order valence-corrected chi connectivity index (χ2v) is 7.30. The van der Waals surface area contributed by atoms with Crippen molar-refractivity contribution in [2.75, 3.05) is 10.6 Å². The van der Waals surface area contributed by atoms with Crippen molar-refractivity contribution in [3.8, 4) is 11.8 Å². The molecule has 0 saturated carbocycles. The van der Waals surface area contributed by atoms with E-state index in [1.54, 1.807) is 60.7 Å². The molecule has 32 heavy (non-hydrogen) atoms. The summed E-state index contributed by atoms with van der Waals surface area (Å²) in [6, 6.07) is 23.0. The molecule has 0 aromatic heterocycles. The van der Waals surface area contributed by atoms with Gasteiger partial charge < -0.3 is 15.4 Å². The second-order valence-electron chi connectivity index (χ2n) is 6.87. The average molecular weight is 446 g/mol. The van der Waals surface area contributed by atoms with E-state index in [0.29, 0.717) is 34.3 Å². The van der Waals surface area contributed by atoms with Gasteiger partial charge in [-0.25, -0.2) is 0 Å². The average Bonchev–Trinajstić information content (AvgIpc) is 2.79. The van der Waals surface area contributed by atoms with Crippen LogP contribution < -0.4 is 15.4 Å². The first-order chi connectivity index (χ1) is 15.4. The molecule has 2 amide bonds. The molecule has 3 aromatic carbocycles. The summed E-state index contributed by atoms with van der Waals surface area (Å²) in [5, 5.41) is 15.4. The Kier molecular flexibility index (Phi) is 7.63. The molecule has 0 heterocycles. The molecule has 0 fully saturated rings. The summed E-state index contributed by atoms with van der Waals surface area (Å²) in [7, 11) is 0. The molecule has 0 aliphatic heterocycles.